The minimum Gasteiger partial charge on any atom is -0.309 e. The molecule has 3 rings (SSSR count). The summed E-state index contributed by atoms with van der Waals surface area (Å²) in [5, 5.41) is 11.5. The van der Waals surface area contributed by atoms with Crippen molar-refractivity contribution in [1.82, 2.24) is 20.3 Å². The van der Waals surface area contributed by atoms with Gasteiger partial charge >= 0.3 is 0 Å². The summed E-state index contributed by atoms with van der Waals surface area (Å²) in [4.78, 5) is 0. The Hall–Kier alpha value is -1.68. The largest absolute Gasteiger partial charge is 0.309 e. The maximum Gasteiger partial charge on any atom is 0.0692 e. The smallest absolute Gasteiger partial charge is 0.0692 e. The van der Waals surface area contributed by atoms with Crippen molar-refractivity contribution < 1.29 is 0 Å². The lowest BCUT2D eigenvalue weighted by atomic mass is 9.85. The Morgan fingerprint density at radius 3 is 3.00 bits per heavy atom. The third-order valence-corrected chi connectivity index (χ3v) is 4.18. The van der Waals surface area contributed by atoms with Crippen molar-refractivity contribution in [3.63, 3.8) is 0 Å². The van der Waals surface area contributed by atoms with E-state index in [4.69, 9.17) is 0 Å². The van der Waals surface area contributed by atoms with E-state index in [-0.39, 0.29) is 5.41 Å². The lowest BCUT2D eigenvalue weighted by Crippen LogP contribution is -2.32. The van der Waals surface area contributed by atoms with E-state index >= 15 is 0 Å². The zero-order valence-electron chi connectivity index (χ0n) is 12.2. The highest BCUT2D eigenvalue weighted by Crippen LogP contribution is 2.44. The van der Waals surface area contributed by atoms with Crippen molar-refractivity contribution in [2.24, 2.45) is 5.41 Å². The fraction of sp³-hybridized carbons (Fsp3) is 0.500. The van der Waals surface area contributed by atoms with Crippen LogP contribution in [0.5, 0.6) is 0 Å². The molecule has 4 heteroatoms. The van der Waals surface area contributed by atoms with Crippen LogP contribution in [0.3, 0.4) is 0 Å². The molecule has 1 aromatic carbocycles. The average molecular weight is 270 g/mol. The van der Waals surface area contributed by atoms with Crippen LogP contribution in [0.2, 0.25) is 0 Å². The first kappa shape index (κ1) is 13.3. The molecule has 1 atom stereocenters. The molecular formula is C16H22N4. The maximum absolute atomic E-state index is 3.99. The lowest BCUT2D eigenvalue weighted by Gasteiger charge is -2.28. The number of nitrogens with one attached hydrogen (secondary N) is 1. The minimum absolute atomic E-state index is 0.289. The molecular weight excluding hydrogens is 248 g/mol. The van der Waals surface area contributed by atoms with E-state index in [9.17, 15) is 0 Å². The van der Waals surface area contributed by atoms with Crippen LogP contribution in [-0.2, 0) is 13.0 Å². The van der Waals surface area contributed by atoms with Gasteiger partial charge < -0.3 is 5.32 Å². The molecule has 1 heterocycles. The Kier molecular flexibility index (Phi) is 3.57. The van der Waals surface area contributed by atoms with Gasteiger partial charge in [0.05, 0.1) is 6.20 Å². The Morgan fingerprint density at radius 2 is 2.20 bits per heavy atom. The van der Waals surface area contributed by atoms with Gasteiger partial charge in [0, 0.05) is 18.8 Å². The third kappa shape index (κ3) is 2.61. The van der Waals surface area contributed by atoms with Gasteiger partial charge in [0.1, 0.15) is 0 Å². The Morgan fingerprint density at radius 1 is 1.35 bits per heavy atom. The summed E-state index contributed by atoms with van der Waals surface area (Å²) in [7, 11) is 0. The molecule has 20 heavy (non-hydrogen) atoms. The summed E-state index contributed by atoms with van der Waals surface area (Å²) < 4.78 is 1.88. The van der Waals surface area contributed by atoms with Crippen molar-refractivity contribution in [2.75, 3.05) is 6.54 Å². The molecule has 1 N–H and O–H groups in total. The summed E-state index contributed by atoms with van der Waals surface area (Å²) in [6, 6.07) is 9.26. The fourth-order valence-corrected chi connectivity index (χ4v) is 3.22. The van der Waals surface area contributed by atoms with Gasteiger partial charge in [-0.05, 0) is 35.9 Å². The topological polar surface area (TPSA) is 42.7 Å². The second kappa shape index (κ2) is 5.37. The summed E-state index contributed by atoms with van der Waals surface area (Å²) >= 11 is 0. The minimum atomic E-state index is 0.289. The van der Waals surface area contributed by atoms with Gasteiger partial charge in [0.2, 0.25) is 0 Å². The zero-order chi connectivity index (χ0) is 14.0. The van der Waals surface area contributed by atoms with E-state index in [2.05, 4.69) is 53.7 Å². The van der Waals surface area contributed by atoms with E-state index in [0.29, 0.717) is 6.04 Å². The summed E-state index contributed by atoms with van der Waals surface area (Å²) in [6.45, 7) is 6.62. The molecule has 1 unspecified atom stereocenters. The molecule has 0 spiro atoms. The quantitative estimate of drug-likeness (QED) is 0.849. The Bertz CT molecular complexity index is 560. The summed E-state index contributed by atoms with van der Waals surface area (Å²) in [5.74, 6) is 0. The molecule has 1 aliphatic carbocycles. The third-order valence-electron chi connectivity index (χ3n) is 4.18. The van der Waals surface area contributed by atoms with Crippen molar-refractivity contribution in [2.45, 2.75) is 39.3 Å². The van der Waals surface area contributed by atoms with Crippen molar-refractivity contribution in [1.29, 1.82) is 0 Å². The number of benzene rings is 1. The van der Waals surface area contributed by atoms with Gasteiger partial charge in [-0.1, -0.05) is 43.3 Å². The van der Waals surface area contributed by atoms with E-state index in [1.807, 2.05) is 10.9 Å². The molecule has 0 radical (unpaired) electrons. The fourth-order valence-electron chi connectivity index (χ4n) is 3.22. The molecule has 0 saturated heterocycles. The SMILES string of the molecule is CC1(C)Cc2ccccc2C1NCCCn1ccnn1. The molecule has 0 saturated carbocycles. The lowest BCUT2D eigenvalue weighted by molar-refractivity contribution is 0.267. The Balaban J connectivity index is 1.59. The Labute approximate surface area is 120 Å². The maximum atomic E-state index is 3.99. The molecule has 0 amide bonds. The predicted octanol–water partition coefficient (Wildman–Crippen LogP) is 2.58. The first-order valence-corrected chi connectivity index (χ1v) is 7.32. The van der Waals surface area contributed by atoms with Gasteiger partial charge in [-0.25, -0.2) is 0 Å². The van der Waals surface area contributed by atoms with Crippen LogP contribution in [0.25, 0.3) is 0 Å². The first-order valence-electron chi connectivity index (χ1n) is 7.32. The second-order valence-corrected chi connectivity index (χ2v) is 6.27. The van der Waals surface area contributed by atoms with Crippen LogP contribution in [0.1, 0.15) is 37.4 Å². The number of hydrogen-bond donors (Lipinski definition) is 1. The molecule has 0 fully saturated rings. The molecule has 2 aromatic rings. The number of aryl methyl sites for hydroxylation is 1. The van der Waals surface area contributed by atoms with Crippen LogP contribution < -0.4 is 5.32 Å². The van der Waals surface area contributed by atoms with E-state index in [0.717, 1.165) is 25.9 Å². The second-order valence-electron chi connectivity index (χ2n) is 6.27. The standard InChI is InChI=1S/C16H22N4/c1-16(2)12-13-6-3-4-7-14(13)15(16)17-8-5-10-20-11-9-18-19-20/h3-4,6-7,9,11,15,17H,5,8,10,12H2,1-2H3. The number of aromatic nitrogens is 3. The van der Waals surface area contributed by atoms with E-state index < -0.39 is 0 Å². The van der Waals surface area contributed by atoms with Crippen LogP contribution in [-0.4, -0.2) is 21.5 Å². The number of rotatable bonds is 5. The van der Waals surface area contributed by atoms with Crippen molar-refractivity contribution in [3.05, 3.63) is 47.8 Å². The normalized spacial score (nSPS) is 20.0. The highest BCUT2D eigenvalue weighted by Gasteiger charge is 2.37. The molecule has 1 aliphatic rings. The van der Waals surface area contributed by atoms with Crippen molar-refractivity contribution >= 4 is 0 Å². The summed E-state index contributed by atoms with van der Waals surface area (Å²) in [5.41, 5.74) is 3.25. The molecule has 0 aliphatic heterocycles. The number of nitrogens with zero attached hydrogens (tertiary/aromatic N) is 3. The van der Waals surface area contributed by atoms with Gasteiger partial charge in [-0.15, -0.1) is 5.10 Å². The highest BCUT2D eigenvalue weighted by atomic mass is 15.4. The zero-order valence-corrected chi connectivity index (χ0v) is 12.2. The molecule has 4 nitrogen and oxygen atoms in total. The monoisotopic (exact) mass is 270 g/mol. The average Bonchev–Trinajstić information content (AvgIpc) is 3.00. The van der Waals surface area contributed by atoms with Gasteiger partial charge in [-0.3, -0.25) is 4.68 Å². The first-order chi connectivity index (χ1) is 9.67. The number of hydrogen-bond acceptors (Lipinski definition) is 3. The van der Waals surface area contributed by atoms with Crippen molar-refractivity contribution in [3.8, 4) is 0 Å². The van der Waals surface area contributed by atoms with Gasteiger partial charge in [-0.2, -0.15) is 0 Å². The van der Waals surface area contributed by atoms with Crippen LogP contribution >= 0.6 is 0 Å². The van der Waals surface area contributed by atoms with Gasteiger partial charge in [0.25, 0.3) is 0 Å². The van der Waals surface area contributed by atoms with Crippen LogP contribution in [0, 0.1) is 5.41 Å². The molecule has 0 bridgehead atoms. The molecule has 1 aromatic heterocycles. The number of fused-ring (bicyclic) bond motifs is 1. The van der Waals surface area contributed by atoms with Gasteiger partial charge in [0.15, 0.2) is 0 Å². The predicted molar refractivity (Wildman–Crippen MR) is 79.3 cm³/mol. The highest BCUT2D eigenvalue weighted by molar-refractivity contribution is 5.37. The van der Waals surface area contributed by atoms with E-state index in [1.165, 1.54) is 11.1 Å². The van der Waals surface area contributed by atoms with Crippen LogP contribution in [0.4, 0.5) is 0 Å². The summed E-state index contributed by atoms with van der Waals surface area (Å²) in [6.07, 6.45) is 5.86. The van der Waals surface area contributed by atoms with Crippen LogP contribution in [0.15, 0.2) is 36.7 Å². The van der Waals surface area contributed by atoms with E-state index in [1.54, 1.807) is 6.20 Å². The molecule has 106 valence electrons.